The van der Waals surface area contributed by atoms with E-state index in [1.807, 2.05) is 0 Å². The van der Waals surface area contributed by atoms with Crippen LogP contribution in [0.2, 0.25) is 0 Å². The van der Waals surface area contributed by atoms with Gasteiger partial charge < -0.3 is 0 Å². The van der Waals surface area contributed by atoms with E-state index in [4.69, 9.17) is 0 Å². The molecule has 0 aromatic heterocycles. The molecule has 0 fully saturated rings. The molecule has 0 nitrogen and oxygen atoms in total. The van der Waals surface area contributed by atoms with Crippen molar-refractivity contribution in [2.45, 2.75) is 0 Å². The van der Waals surface area contributed by atoms with Crippen molar-refractivity contribution in [1.29, 1.82) is 0 Å². The SMILES string of the molecule is Cl.Cl.Cl.Cl.Cl.[Fe].[Ti]. The maximum Gasteiger partial charge on any atom is 0 e. The number of rotatable bonds is 0. The van der Waals surface area contributed by atoms with Crippen LogP contribution in [0.3, 0.4) is 0 Å². The summed E-state index contributed by atoms with van der Waals surface area (Å²) in [6, 6.07) is 0. The zero-order valence-electron chi connectivity index (χ0n) is 2.89. The normalized spacial score (nSPS) is 0. The van der Waals surface area contributed by atoms with Gasteiger partial charge in [0.15, 0.2) is 0 Å². The first-order valence-electron chi connectivity index (χ1n) is 0. The summed E-state index contributed by atoms with van der Waals surface area (Å²) >= 11 is 0. The molecular formula is H5Cl5FeTi. The van der Waals surface area contributed by atoms with Crippen molar-refractivity contribution in [2.24, 2.45) is 0 Å². The zero-order valence-corrected chi connectivity index (χ0v) is 9.64. The van der Waals surface area contributed by atoms with Gasteiger partial charge in [0, 0.05) is 38.8 Å². The van der Waals surface area contributed by atoms with Crippen LogP contribution in [-0.2, 0) is 38.8 Å². The van der Waals surface area contributed by atoms with Crippen molar-refractivity contribution < 1.29 is 38.8 Å². The van der Waals surface area contributed by atoms with Gasteiger partial charge in [-0.15, -0.1) is 62.0 Å². The number of halogens is 5. The largest absolute Gasteiger partial charge is 0.147 e. The van der Waals surface area contributed by atoms with Crippen LogP contribution in [-0.4, -0.2) is 0 Å². The van der Waals surface area contributed by atoms with Crippen molar-refractivity contribution in [1.82, 2.24) is 0 Å². The van der Waals surface area contributed by atoms with Crippen LogP contribution in [0.4, 0.5) is 0 Å². The average Bonchev–Trinajstić information content (AvgIpc) is 0. The van der Waals surface area contributed by atoms with Gasteiger partial charge >= 0.3 is 0 Å². The molecular weight excluding hydrogens is 281 g/mol. The van der Waals surface area contributed by atoms with E-state index >= 15 is 0 Å². The Morgan fingerprint density at radius 1 is 0.429 bits per heavy atom. The molecule has 0 rings (SSSR count). The van der Waals surface area contributed by atoms with E-state index in [1.165, 1.54) is 0 Å². The fourth-order valence-electron chi connectivity index (χ4n) is 0. The molecule has 0 aromatic rings. The predicted molar refractivity (Wildman–Crippen MR) is 36.2 cm³/mol. The van der Waals surface area contributed by atoms with E-state index in [0.717, 1.165) is 0 Å². The second-order valence-corrected chi connectivity index (χ2v) is 0. The molecule has 0 radical (unpaired) electrons. The third-order valence-electron chi connectivity index (χ3n) is 0. The minimum Gasteiger partial charge on any atom is -0.147 e. The quantitative estimate of drug-likeness (QED) is 0.598. The van der Waals surface area contributed by atoms with Crippen LogP contribution in [0.25, 0.3) is 0 Å². The molecule has 7 heteroatoms. The number of hydrogen-bond donors (Lipinski definition) is 0. The summed E-state index contributed by atoms with van der Waals surface area (Å²) in [6.07, 6.45) is 0. The molecule has 0 saturated heterocycles. The topological polar surface area (TPSA) is 0 Å². The van der Waals surface area contributed by atoms with E-state index < -0.39 is 0 Å². The minimum atomic E-state index is 0. The Bertz CT molecular complexity index is 8.04. The van der Waals surface area contributed by atoms with Gasteiger partial charge in [-0.1, -0.05) is 0 Å². The summed E-state index contributed by atoms with van der Waals surface area (Å²) in [5.41, 5.74) is 0. The van der Waals surface area contributed by atoms with Gasteiger partial charge in [-0.05, 0) is 0 Å². The molecule has 0 saturated carbocycles. The molecule has 0 aliphatic rings. The smallest absolute Gasteiger partial charge is 0 e. The third kappa shape index (κ3) is 53.9. The Kier molecular flexibility index (Phi) is 1030. The molecule has 0 amide bonds. The van der Waals surface area contributed by atoms with Gasteiger partial charge in [-0.2, -0.15) is 0 Å². The molecule has 0 bridgehead atoms. The molecule has 7 heavy (non-hydrogen) atoms. The standard InChI is InChI=1S/5ClH.Fe.Ti/h5*1H;;. The van der Waals surface area contributed by atoms with Gasteiger partial charge in [0.2, 0.25) is 0 Å². The molecule has 0 aromatic carbocycles. The Morgan fingerprint density at radius 2 is 0.429 bits per heavy atom. The van der Waals surface area contributed by atoms with Gasteiger partial charge in [0.1, 0.15) is 0 Å². The van der Waals surface area contributed by atoms with Crippen molar-refractivity contribution in [3.63, 3.8) is 0 Å². The van der Waals surface area contributed by atoms with E-state index in [9.17, 15) is 0 Å². The fourth-order valence-corrected chi connectivity index (χ4v) is 0. The van der Waals surface area contributed by atoms with Crippen molar-refractivity contribution in [3.05, 3.63) is 0 Å². The first kappa shape index (κ1) is 101. The summed E-state index contributed by atoms with van der Waals surface area (Å²) in [5.74, 6) is 0. The predicted octanol–water partition coefficient (Wildman–Crippen LogP) is 2.10. The first-order valence-corrected chi connectivity index (χ1v) is 0. The van der Waals surface area contributed by atoms with E-state index in [-0.39, 0.29) is 101 Å². The van der Waals surface area contributed by atoms with Crippen LogP contribution in [0, 0.1) is 0 Å². The van der Waals surface area contributed by atoms with E-state index in [1.54, 1.807) is 0 Å². The Hall–Kier alpha value is 2.68. The van der Waals surface area contributed by atoms with E-state index in [0.29, 0.717) is 0 Å². The van der Waals surface area contributed by atoms with Crippen LogP contribution < -0.4 is 0 Å². The number of hydrogen-bond acceptors (Lipinski definition) is 0. The molecule has 0 heterocycles. The molecule has 0 aliphatic heterocycles. The second kappa shape index (κ2) is 71.2. The summed E-state index contributed by atoms with van der Waals surface area (Å²) in [7, 11) is 0. The Morgan fingerprint density at radius 3 is 0.429 bits per heavy atom. The molecule has 0 N–H and O–H groups in total. The van der Waals surface area contributed by atoms with Gasteiger partial charge in [-0.3, -0.25) is 0 Å². The molecule has 0 unspecified atom stereocenters. The Balaban J connectivity index is 0. The van der Waals surface area contributed by atoms with Crippen LogP contribution >= 0.6 is 62.0 Å². The van der Waals surface area contributed by atoms with Crippen molar-refractivity contribution in [2.75, 3.05) is 0 Å². The second-order valence-electron chi connectivity index (χ2n) is 0. The molecule has 0 atom stereocenters. The fraction of sp³-hybridized carbons (Fsp3) is 0. The zero-order chi connectivity index (χ0) is 0. The maximum atomic E-state index is 0. The van der Waals surface area contributed by atoms with Gasteiger partial charge in [0.05, 0.1) is 0 Å². The van der Waals surface area contributed by atoms with Crippen LogP contribution in [0.1, 0.15) is 0 Å². The minimum absolute atomic E-state index is 0. The van der Waals surface area contributed by atoms with Crippen LogP contribution in [0.15, 0.2) is 0 Å². The van der Waals surface area contributed by atoms with Crippen molar-refractivity contribution in [3.8, 4) is 0 Å². The summed E-state index contributed by atoms with van der Waals surface area (Å²) in [4.78, 5) is 0. The van der Waals surface area contributed by atoms with Gasteiger partial charge in [0.25, 0.3) is 0 Å². The maximum absolute atomic E-state index is 0. The average molecular weight is 286 g/mol. The Labute approximate surface area is 99.7 Å². The van der Waals surface area contributed by atoms with Gasteiger partial charge in [-0.25, -0.2) is 0 Å². The third-order valence-corrected chi connectivity index (χ3v) is 0. The molecule has 52 valence electrons. The summed E-state index contributed by atoms with van der Waals surface area (Å²) in [6.45, 7) is 0. The molecule has 0 aliphatic carbocycles. The first-order chi connectivity index (χ1) is 0. The molecule has 0 spiro atoms. The summed E-state index contributed by atoms with van der Waals surface area (Å²) in [5, 5.41) is 0. The summed E-state index contributed by atoms with van der Waals surface area (Å²) < 4.78 is 0. The van der Waals surface area contributed by atoms with Crippen LogP contribution in [0.5, 0.6) is 0 Å². The monoisotopic (exact) mass is 284 g/mol. The van der Waals surface area contributed by atoms with E-state index in [2.05, 4.69) is 0 Å². The van der Waals surface area contributed by atoms with Crippen molar-refractivity contribution >= 4 is 62.0 Å².